The highest BCUT2D eigenvalue weighted by Crippen LogP contribution is 1.99. The molecular weight excluding hydrogens is 184 g/mol. The lowest BCUT2D eigenvalue weighted by atomic mass is 10.2. The third-order valence-electron chi connectivity index (χ3n) is 1.36. The van der Waals surface area contributed by atoms with Gasteiger partial charge in [0.1, 0.15) is 5.82 Å². The van der Waals surface area contributed by atoms with Crippen molar-refractivity contribution in [1.29, 1.82) is 0 Å². The van der Waals surface area contributed by atoms with Crippen molar-refractivity contribution in [3.63, 3.8) is 0 Å². The Kier molecular flexibility index (Phi) is 3.44. The second-order valence-electron chi connectivity index (χ2n) is 3.36. The Hall–Kier alpha value is -1.59. The maximum absolute atomic E-state index is 11.1. The summed E-state index contributed by atoms with van der Waals surface area (Å²) in [6.07, 6.45) is -0.530. The Morgan fingerprint density at radius 1 is 1.64 bits per heavy atom. The number of amides is 1. The van der Waals surface area contributed by atoms with Gasteiger partial charge in [0.2, 0.25) is 0 Å². The second-order valence-corrected chi connectivity index (χ2v) is 3.36. The lowest BCUT2D eigenvalue weighted by molar-refractivity contribution is 0.147. The summed E-state index contributed by atoms with van der Waals surface area (Å²) in [7, 11) is 0. The summed E-state index contributed by atoms with van der Waals surface area (Å²) in [5, 5.41) is 8.75. The normalized spacial score (nSPS) is 10.3. The van der Waals surface area contributed by atoms with E-state index in [1.54, 1.807) is 6.92 Å². The standard InChI is InChI=1S/C8H14N4O2/c1-5(2)4-14-8(13)10-7-9-6(3)11-12-7/h5H,4H2,1-3H3,(H2,9,10,11,12,13). The van der Waals surface area contributed by atoms with E-state index in [0.29, 0.717) is 18.3 Å². The number of H-pyrrole nitrogens is 1. The molecule has 6 heteroatoms. The SMILES string of the molecule is Cc1nc(NC(=O)OCC(C)C)n[nH]1. The Morgan fingerprint density at radius 3 is 2.86 bits per heavy atom. The molecule has 1 aromatic rings. The van der Waals surface area contributed by atoms with Crippen LogP contribution in [0, 0.1) is 12.8 Å². The van der Waals surface area contributed by atoms with Gasteiger partial charge in [0, 0.05) is 0 Å². The Morgan fingerprint density at radius 2 is 2.36 bits per heavy atom. The van der Waals surface area contributed by atoms with Crippen molar-refractivity contribution in [2.45, 2.75) is 20.8 Å². The molecular formula is C8H14N4O2. The Labute approximate surface area is 82.1 Å². The van der Waals surface area contributed by atoms with Gasteiger partial charge in [0.15, 0.2) is 0 Å². The van der Waals surface area contributed by atoms with E-state index in [4.69, 9.17) is 4.74 Å². The third-order valence-corrected chi connectivity index (χ3v) is 1.36. The van der Waals surface area contributed by atoms with E-state index in [2.05, 4.69) is 20.5 Å². The molecule has 0 aliphatic heterocycles. The molecule has 0 atom stereocenters. The number of carbonyl (C=O) groups is 1. The van der Waals surface area contributed by atoms with Crippen molar-refractivity contribution in [3.8, 4) is 0 Å². The van der Waals surface area contributed by atoms with Gasteiger partial charge in [-0.2, -0.15) is 4.98 Å². The third kappa shape index (κ3) is 3.42. The van der Waals surface area contributed by atoms with Crippen LogP contribution in [0.15, 0.2) is 0 Å². The van der Waals surface area contributed by atoms with Crippen molar-refractivity contribution < 1.29 is 9.53 Å². The summed E-state index contributed by atoms with van der Waals surface area (Å²) >= 11 is 0. The molecule has 0 radical (unpaired) electrons. The number of anilines is 1. The van der Waals surface area contributed by atoms with Gasteiger partial charge < -0.3 is 4.74 Å². The van der Waals surface area contributed by atoms with Crippen molar-refractivity contribution >= 4 is 12.0 Å². The van der Waals surface area contributed by atoms with Gasteiger partial charge >= 0.3 is 6.09 Å². The zero-order chi connectivity index (χ0) is 10.6. The number of carbonyl (C=O) groups excluding carboxylic acids is 1. The summed E-state index contributed by atoms with van der Waals surface area (Å²) in [5.74, 6) is 1.19. The number of ether oxygens (including phenoxy) is 1. The maximum atomic E-state index is 11.1. The molecule has 0 aliphatic rings. The molecule has 1 heterocycles. The number of aromatic amines is 1. The summed E-state index contributed by atoms with van der Waals surface area (Å²) < 4.78 is 4.87. The van der Waals surface area contributed by atoms with E-state index in [9.17, 15) is 4.79 Å². The molecule has 1 amide bonds. The molecule has 0 spiro atoms. The summed E-state index contributed by atoms with van der Waals surface area (Å²) in [5.41, 5.74) is 0. The molecule has 0 unspecified atom stereocenters. The van der Waals surface area contributed by atoms with Crippen LogP contribution in [0.3, 0.4) is 0 Å². The smallest absolute Gasteiger partial charge is 0.414 e. The predicted octanol–water partition coefficient (Wildman–Crippen LogP) is 1.32. The molecule has 0 aromatic carbocycles. The van der Waals surface area contributed by atoms with Crippen LogP contribution in [0.1, 0.15) is 19.7 Å². The fourth-order valence-electron chi connectivity index (χ4n) is 0.768. The number of nitrogens with zero attached hydrogens (tertiary/aromatic N) is 2. The highest BCUT2D eigenvalue weighted by molar-refractivity contribution is 5.82. The summed E-state index contributed by atoms with van der Waals surface area (Å²) in [6, 6.07) is 0. The van der Waals surface area contributed by atoms with Crippen LogP contribution >= 0.6 is 0 Å². The summed E-state index contributed by atoms with van der Waals surface area (Å²) in [6.45, 7) is 6.06. The zero-order valence-electron chi connectivity index (χ0n) is 8.50. The van der Waals surface area contributed by atoms with E-state index < -0.39 is 6.09 Å². The first-order valence-electron chi connectivity index (χ1n) is 4.40. The molecule has 0 bridgehead atoms. The van der Waals surface area contributed by atoms with Gasteiger partial charge in [-0.1, -0.05) is 13.8 Å². The molecule has 1 rings (SSSR count). The maximum Gasteiger partial charge on any atom is 0.414 e. The highest BCUT2D eigenvalue weighted by Gasteiger charge is 2.07. The number of nitrogens with one attached hydrogen (secondary N) is 2. The van der Waals surface area contributed by atoms with Gasteiger partial charge in [0.25, 0.3) is 5.95 Å². The first kappa shape index (κ1) is 10.5. The molecule has 0 saturated heterocycles. The first-order chi connectivity index (χ1) is 6.58. The van der Waals surface area contributed by atoms with Crippen LogP contribution in [0.25, 0.3) is 0 Å². The van der Waals surface area contributed by atoms with Gasteiger partial charge in [-0.15, -0.1) is 5.10 Å². The van der Waals surface area contributed by atoms with E-state index in [-0.39, 0.29) is 5.95 Å². The molecule has 0 fully saturated rings. The number of aryl methyl sites for hydroxylation is 1. The zero-order valence-corrected chi connectivity index (χ0v) is 8.50. The Bertz CT molecular complexity index is 308. The molecule has 78 valence electrons. The van der Waals surface area contributed by atoms with E-state index in [1.807, 2.05) is 13.8 Å². The van der Waals surface area contributed by atoms with Crippen LogP contribution < -0.4 is 5.32 Å². The monoisotopic (exact) mass is 198 g/mol. The van der Waals surface area contributed by atoms with Gasteiger partial charge in [-0.25, -0.2) is 4.79 Å². The van der Waals surface area contributed by atoms with Crippen molar-refractivity contribution in [1.82, 2.24) is 15.2 Å². The van der Waals surface area contributed by atoms with Crippen LogP contribution in [0.2, 0.25) is 0 Å². The minimum Gasteiger partial charge on any atom is -0.449 e. The van der Waals surface area contributed by atoms with Gasteiger partial charge in [-0.05, 0) is 12.8 Å². The Balaban J connectivity index is 2.34. The number of rotatable bonds is 3. The minimum absolute atomic E-state index is 0.233. The molecule has 2 N–H and O–H groups in total. The predicted molar refractivity (Wildman–Crippen MR) is 50.9 cm³/mol. The molecule has 1 aromatic heterocycles. The number of hydrogen-bond acceptors (Lipinski definition) is 4. The van der Waals surface area contributed by atoms with Crippen LogP contribution in [0.5, 0.6) is 0 Å². The van der Waals surface area contributed by atoms with E-state index in [0.717, 1.165) is 0 Å². The lowest BCUT2D eigenvalue weighted by Crippen LogP contribution is -2.17. The quantitative estimate of drug-likeness (QED) is 0.767. The second kappa shape index (κ2) is 4.59. The largest absolute Gasteiger partial charge is 0.449 e. The van der Waals surface area contributed by atoms with Gasteiger partial charge in [0.05, 0.1) is 6.61 Å². The molecule has 0 aliphatic carbocycles. The number of aromatic nitrogens is 3. The fraction of sp³-hybridized carbons (Fsp3) is 0.625. The van der Waals surface area contributed by atoms with Crippen LogP contribution in [-0.4, -0.2) is 27.9 Å². The summed E-state index contributed by atoms with van der Waals surface area (Å²) in [4.78, 5) is 15.0. The van der Waals surface area contributed by atoms with Crippen molar-refractivity contribution in [3.05, 3.63) is 5.82 Å². The topological polar surface area (TPSA) is 79.9 Å². The average Bonchev–Trinajstić information content (AvgIpc) is 2.48. The number of hydrogen-bond donors (Lipinski definition) is 2. The van der Waals surface area contributed by atoms with E-state index >= 15 is 0 Å². The highest BCUT2D eigenvalue weighted by atomic mass is 16.5. The van der Waals surface area contributed by atoms with Crippen LogP contribution in [0.4, 0.5) is 10.7 Å². The fourth-order valence-corrected chi connectivity index (χ4v) is 0.768. The van der Waals surface area contributed by atoms with Crippen molar-refractivity contribution in [2.24, 2.45) is 5.92 Å². The average molecular weight is 198 g/mol. The molecule has 14 heavy (non-hydrogen) atoms. The van der Waals surface area contributed by atoms with E-state index in [1.165, 1.54) is 0 Å². The molecule has 6 nitrogen and oxygen atoms in total. The molecule has 0 saturated carbocycles. The van der Waals surface area contributed by atoms with Gasteiger partial charge in [-0.3, -0.25) is 10.4 Å². The van der Waals surface area contributed by atoms with Crippen molar-refractivity contribution in [2.75, 3.05) is 11.9 Å². The first-order valence-corrected chi connectivity index (χ1v) is 4.40. The van der Waals surface area contributed by atoms with Crippen LogP contribution in [-0.2, 0) is 4.74 Å². The lowest BCUT2D eigenvalue weighted by Gasteiger charge is -2.05. The minimum atomic E-state index is -0.530.